The van der Waals surface area contributed by atoms with Crippen LogP contribution >= 0.6 is 0 Å². The van der Waals surface area contributed by atoms with Crippen molar-refractivity contribution >= 4 is 0 Å². The molecule has 0 radical (unpaired) electrons. The first-order valence-corrected chi connectivity index (χ1v) is 10.5. The molecule has 0 aliphatic heterocycles. The van der Waals surface area contributed by atoms with E-state index in [4.69, 9.17) is 0 Å². The van der Waals surface area contributed by atoms with Crippen molar-refractivity contribution in [3.8, 4) is 0 Å². The molecule has 0 fully saturated rings. The highest BCUT2D eigenvalue weighted by Gasteiger charge is 2.14. The van der Waals surface area contributed by atoms with Gasteiger partial charge in [-0.15, -0.1) is 13.2 Å². The van der Waals surface area contributed by atoms with E-state index in [0.717, 1.165) is 12.8 Å². The van der Waals surface area contributed by atoms with Gasteiger partial charge in [0.25, 0.3) is 0 Å². The van der Waals surface area contributed by atoms with Crippen molar-refractivity contribution < 1.29 is 0 Å². The van der Waals surface area contributed by atoms with Gasteiger partial charge in [0.15, 0.2) is 0 Å². The van der Waals surface area contributed by atoms with Gasteiger partial charge < -0.3 is 0 Å². The van der Waals surface area contributed by atoms with Crippen LogP contribution < -0.4 is 0 Å². The average Bonchev–Trinajstić information content (AvgIpc) is 2.66. The van der Waals surface area contributed by atoms with E-state index in [9.17, 15) is 0 Å². The topological polar surface area (TPSA) is 0 Å². The lowest BCUT2D eigenvalue weighted by atomic mass is 9.84. The first-order chi connectivity index (χ1) is 13.2. The molecule has 0 unspecified atom stereocenters. The summed E-state index contributed by atoms with van der Waals surface area (Å²) in [7, 11) is 0. The maximum atomic E-state index is 3.82. The van der Waals surface area contributed by atoms with Crippen LogP contribution in [0, 0.1) is 13.8 Å². The smallest absolute Gasteiger partial charge is 0.00973 e. The van der Waals surface area contributed by atoms with Crippen LogP contribution in [0.2, 0.25) is 0 Å². The van der Waals surface area contributed by atoms with Gasteiger partial charge in [0.2, 0.25) is 0 Å². The standard InChI is InChI=1S/C15H22.C8H10.C3H6.C2H6/c1-6-8-13-11-14(15(3,4)5)10-9-12(13)7-2;1-7-3-5-8(2)6-4-7;1-3-2;1-2/h6,9-11H,1,7-8H2,2-5H3;3-6H,1-2H3;3H,1H2,2H3;1-2H3. The average molecular weight is 381 g/mol. The van der Waals surface area contributed by atoms with Gasteiger partial charge in [0.05, 0.1) is 0 Å². The summed E-state index contributed by atoms with van der Waals surface area (Å²) >= 11 is 0. The summed E-state index contributed by atoms with van der Waals surface area (Å²) in [4.78, 5) is 0. The number of benzene rings is 2. The zero-order chi connectivity index (χ0) is 22.2. The first kappa shape index (κ1) is 28.1. The second-order valence-corrected chi connectivity index (χ2v) is 7.64. The second kappa shape index (κ2) is 15.9. The number of rotatable bonds is 3. The summed E-state index contributed by atoms with van der Waals surface area (Å²) < 4.78 is 0. The molecule has 2 rings (SSSR count). The summed E-state index contributed by atoms with van der Waals surface area (Å²) in [5, 5.41) is 0. The molecule has 0 amide bonds. The Kier molecular flexibility index (Phi) is 16.0. The van der Waals surface area contributed by atoms with Gasteiger partial charge in [-0.2, -0.15) is 0 Å². The molecule has 0 aliphatic rings. The molecule has 0 aromatic heterocycles. The van der Waals surface area contributed by atoms with E-state index < -0.39 is 0 Å². The van der Waals surface area contributed by atoms with E-state index in [1.165, 1.54) is 27.8 Å². The predicted octanol–water partition coefficient (Wildman–Crippen LogP) is 8.80. The highest BCUT2D eigenvalue weighted by molar-refractivity contribution is 5.36. The predicted molar refractivity (Wildman–Crippen MR) is 132 cm³/mol. The van der Waals surface area contributed by atoms with Crippen LogP contribution in [-0.4, -0.2) is 0 Å². The lowest BCUT2D eigenvalue weighted by molar-refractivity contribution is 0.589. The van der Waals surface area contributed by atoms with Crippen LogP contribution in [0.4, 0.5) is 0 Å². The lowest BCUT2D eigenvalue weighted by Crippen LogP contribution is -2.11. The fourth-order valence-electron chi connectivity index (χ4n) is 2.42. The number of allylic oxidation sites excluding steroid dienone is 2. The molecule has 0 heteroatoms. The van der Waals surface area contributed by atoms with Crippen LogP contribution in [0.5, 0.6) is 0 Å². The largest absolute Gasteiger partial charge is 0.103 e. The third-order valence-electron chi connectivity index (χ3n) is 4.04. The zero-order valence-corrected chi connectivity index (χ0v) is 20.0. The summed E-state index contributed by atoms with van der Waals surface area (Å²) in [6, 6.07) is 15.3. The molecule has 0 aliphatic carbocycles. The lowest BCUT2D eigenvalue weighted by Gasteiger charge is -2.21. The third-order valence-corrected chi connectivity index (χ3v) is 4.04. The number of hydrogen-bond acceptors (Lipinski definition) is 0. The van der Waals surface area contributed by atoms with Crippen LogP contribution in [0.1, 0.15) is 76.3 Å². The Morgan fingerprint density at radius 3 is 1.57 bits per heavy atom. The van der Waals surface area contributed by atoms with Crippen molar-refractivity contribution in [2.24, 2.45) is 0 Å². The highest BCUT2D eigenvalue weighted by Crippen LogP contribution is 2.25. The molecule has 28 heavy (non-hydrogen) atoms. The maximum Gasteiger partial charge on any atom is -0.00973 e. The molecular formula is C28H44. The second-order valence-electron chi connectivity index (χ2n) is 7.64. The molecule has 0 bridgehead atoms. The monoisotopic (exact) mass is 380 g/mol. The van der Waals surface area contributed by atoms with Crippen LogP contribution in [0.15, 0.2) is 67.8 Å². The van der Waals surface area contributed by atoms with E-state index in [2.05, 4.69) is 97.2 Å². The molecule has 0 atom stereocenters. The Morgan fingerprint density at radius 1 is 0.821 bits per heavy atom. The Morgan fingerprint density at radius 2 is 1.25 bits per heavy atom. The quantitative estimate of drug-likeness (QED) is 0.467. The van der Waals surface area contributed by atoms with E-state index in [0.29, 0.717) is 0 Å². The van der Waals surface area contributed by atoms with Crippen LogP contribution in [-0.2, 0) is 18.3 Å². The Bertz CT molecular complexity index is 630. The van der Waals surface area contributed by atoms with Crippen LogP contribution in [0.3, 0.4) is 0 Å². The fraction of sp³-hybridized carbons (Fsp3) is 0.429. The summed E-state index contributed by atoms with van der Waals surface area (Å²) in [6.07, 6.45) is 5.82. The zero-order valence-electron chi connectivity index (χ0n) is 20.0. The Balaban J connectivity index is 0. The maximum absolute atomic E-state index is 3.82. The van der Waals surface area contributed by atoms with Crippen molar-refractivity contribution in [1.29, 1.82) is 0 Å². The molecule has 2 aromatic carbocycles. The summed E-state index contributed by atoms with van der Waals surface area (Å²) in [5.41, 5.74) is 7.19. The van der Waals surface area contributed by atoms with Gasteiger partial charge in [0, 0.05) is 0 Å². The summed E-state index contributed by atoms with van der Waals surface area (Å²) in [6.45, 7) is 26.2. The van der Waals surface area contributed by atoms with Gasteiger partial charge >= 0.3 is 0 Å². The normalized spacial score (nSPS) is 9.46. The number of hydrogen-bond donors (Lipinski definition) is 0. The minimum Gasteiger partial charge on any atom is -0.103 e. The molecule has 0 saturated heterocycles. The van der Waals surface area contributed by atoms with Gasteiger partial charge in [-0.1, -0.05) is 107 Å². The molecule has 0 spiro atoms. The van der Waals surface area contributed by atoms with Crippen molar-refractivity contribution in [2.45, 2.75) is 80.6 Å². The Hall–Kier alpha value is -2.08. The Labute approximate surface area is 176 Å². The minimum absolute atomic E-state index is 0.238. The van der Waals surface area contributed by atoms with Gasteiger partial charge in [-0.05, 0) is 55.7 Å². The third kappa shape index (κ3) is 12.3. The van der Waals surface area contributed by atoms with Crippen molar-refractivity contribution in [3.63, 3.8) is 0 Å². The van der Waals surface area contributed by atoms with E-state index in [-0.39, 0.29) is 5.41 Å². The molecule has 0 heterocycles. The van der Waals surface area contributed by atoms with Crippen molar-refractivity contribution in [2.75, 3.05) is 0 Å². The molecule has 0 saturated carbocycles. The highest BCUT2D eigenvalue weighted by atomic mass is 14.2. The van der Waals surface area contributed by atoms with Crippen molar-refractivity contribution in [1.82, 2.24) is 0 Å². The van der Waals surface area contributed by atoms with Gasteiger partial charge in [0.1, 0.15) is 0 Å². The molecule has 0 nitrogen and oxygen atoms in total. The SMILES string of the molecule is C=CC.C=CCc1cc(C(C)(C)C)ccc1CC.CC.Cc1ccc(C)cc1. The minimum atomic E-state index is 0.238. The summed E-state index contributed by atoms with van der Waals surface area (Å²) in [5.74, 6) is 0. The molecule has 156 valence electrons. The van der Waals surface area contributed by atoms with Crippen molar-refractivity contribution in [3.05, 3.63) is 95.6 Å². The van der Waals surface area contributed by atoms with E-state index in [1.54, 1.807) is 6.08 Å². The number of aryl methyl sites for hydroxylation is 3. The molecule has 2 aromatic rings. The fourth-order valence-corrected chi connectivity index (χ4v) is 2.42. The molecule has 0 N–H and O–H groups in total. The van der Waals surface area contributed by atoms with Gasteiger partial charge in [-0.3, -0.25) is 0 Å². The van der Waals surface area contributed by atoms with Gasteiger partial charge in [-0.25, -0.2) is 0 Å². The first-order valence-electron chi connectivity index (χ1n) is 10.5. The molecular weight excluding hydrogens is 336 g/mol. The van der Waals surface area contributed by atoms with E-state index in [1.807, 2.05) is 26.8 Å². The van der Waals surface area contributed by atoms with Crippen LogP contribution in [0.25, 0.3) is 0 Å². The van der Waals surface area contributed by atoms with E-state index >= 15 is 0 Å².